The maximum Gasteiger partial charge on any atom is 0.224 e. The van der Waals surface area contributed by atoms with Crippen LogP contribution >= 0.6 is 0 Å². The normalized spacial score (nSPS) is 10.5. The Kier molecular flexibility index (Phi) is 7.30. The van der Waals surface area contributed by atoms with Gasteiger partial charge in [0.1, 0.15) is 0 Å². The molecule has 3 N–H and O–H groups in total. The molecule has 2 rings (SSSR count). The van der Waals surface area contributed by atoms with Gasteiger partial charge in [0.2, 0.25) is 5.91 Å². The molecular formula is C19H24N2O2. The lowest BCUT2D eigenvalue weighted by Crippen LogP contribution is -2.12. The lowest BCUT2D eigenvalue weighted by molar-refractivity contribution is -0.116. The van der Waals surface area contributed by atoms with Gasteiger partial charge in [0.25, 0.3) is 0 Å². The molecule has 0 atom stereocenters. The van der Waals surface area contributed by atoms with Crippen molar-refractivity contribution in [1.29, 1.82) is 0 Å². The maximum atomic E-state index is 11.8. The van der Waals surface area contributed by atoms with Gasteiger partial charge in [-0.15, -0.1) is 0 Å². The Bertz CT molecular complexity index is 582. The Morgan fingerprint density at radius 2 is 1.70 bits per heavy atom. The summed E-state index contributed by atoms with van der Waals surface area (Å²) in [4.78, 5) is 11.8. The van der Waals surface area contributed by atoms with E-state index in [9.17, 15) is 4.79 Å². The van der Waals surface area contributed by atoms with E-state index in [2.05, 4.69) is 17.4 Å². The molecular weight excluding hydrogens is 288 g/mol. The van der Waals surface area contributed by atoms with Crippen molar-refractivity contribution in [2.75, 3.05) is 18.5 Å². The summed E-state index contributed by atoms with van der Waals surface area (Å²) in [6, 6.07) is 17.8. The number of amides is 1. The average molecular weight is 312 g/mol. The van der Waals surface area contributed by atoms with Crippen LogP contribution in [0.4, 0.5) is 5.69 Å². The minimum absolute atomic E-state index is 0.0113. The van der Waals surface area contributed by atoms with Crippen molar-refractivity contribution in [3.8, 4) is 0 Å². The van der Waals surface area contributed by atoms with Gasteiger partial charge in [-0.05, 0) is 36.1 Å². The smallest absolute Gasteiger partial charge is 0.224 e. The first-order valence-corrected chi connectivity index (χ1v) is 7.98. The summed E-state index contributed by atoms with van der Waals surface area (Å²) in [6.07, 6.45) is 2.09. The van der Waals surface area contributed by atoms with E-state index in [0.717, 1.165) is 24.1 Å². The van der Waals surface area contributed by atoms with Crippen molar-refractivity contribution >= 4 is 11.6 Å². The second-order valence-corrected chi connectivity index (χ2v) is 5.40. The number of benzene rings is 2. The molecule has 2 aromatic carbocycles. The lowest BCUT2D eigenvalue weighted by Gasteiger charge is -2.07. The lowest BCUT2D eigenvalue weighted by atomic mass is 10.2. The largest absolute Gasteiger partial charge is 0.381 e. The van der Waals surface area contributed by atoms with Gasteiger partial charge in [0, 0.05) is 25.3 Å². The zero-order valence-electron chi connectivity index (χ0n) is 13.3. The van der Waals surface area contributed by atoms with Crippen LogP contribution in [0.1, 0.15) is 24.0 Å². The number of rotatable bonds is 9. The molecule has 122 valence electrons. The molecule has 1 amide bonds. The number of ether oxygens (including phenoxy) is 1. The summed E-state index contributed by atoms with van der Waals surface area (Å²) in [6.45, 7) is 1.80. The predicted octanol–water partition coefficient (Wildman–Crippen LogP) is 3.12. The number of carbonyl (C=O) groups excluding carboxylic acids is 1. The number of nitrogens with two attached hydrogens (primary N) is 1. The van der Waals surface area contributed by atoms with Crippen LogP contribution in [-0.2, 0) is 22.5 Å². The van der Waals surface area contributed by atoms with Gasteiger partial charge < -0.3 is 15.8 Å². The second kappa shape index (κ2) is 9.77. The number of hydrogen-bond donors (Lipinski definition) is 2. The first-order valence-electron chi connectivity index (χ1n) is 7.98. The summed E-state index contributed by atoms with van der Waals surface area (Å²) in [5, 5.41) is 2.87. The maximum absolute atomic E-state index is 11.8. The van der Waals surface area contributed by atoms with E-state index in [1.54, 1.807) is 0 Å². The number of hydrogen-bond acceptors (Lipinski definition) is 3. The minimum atomic E-state index is 0.0113. The third kappa shape index (κ3) is 6.63. The number of carbonyl (C=O) groups is 1. The molecule has 23 heavy (non-hydrogen) atoms. The van der Waals surface area contributed by atoms with Gasteiger partial charge in [-0.3, -0.25) is 4.79 Å². The molecule has 0 saturated carbocycles. The molecule has 0 aliphatic carbocycles. The molecule has 2 aromatic rings. The molecule has 0 radical (unpaired) electrons. The van der Waals surface area contributed by atoms with Gasteiger partial charge in [-0.25, -0.2) is 0 Å². The molecule has 0 bridgehead atoms. The van der Waals surface area contributed by atoms with E-state index in [4.69, 9.17) is 10.5 Å². The summed E-state index contributed by atoms with van der Waals surface area (Å²) in [5.74, 6) is 0.0113. The van der Waals surface area contributed by atoms with Crippen LogP contribution in [0, 0.1) is 0 Å². The summed E-state index contributed by atoms with van der Waals surface area (Å²) in [5.41, 5.74) is 8.67. The van der Waals surface area contributed by atoms with Crippen LogP contribution in [0.3, 0.4) is 0 Å². The van der Waals surface area contributed by atoms with Crippen molar-refractivity contribution in [2.45, 2.75) is 25.8 Å². The Morgan fingerprint density at radius 1 is 0.957 bits per heavy atom. The van der Waals surface area contributed by atoms with Gasteiger partial charge >= 0.3 is 0 Å². The Hall–Kier alpha value is -2.17. The highest BCUT2D eigenvalue weighted by Gasteiger charge is 2.02. The molecule has 0 aliphatic rings. The van der Waals surface area contributed by atoms with Crippen molar-refractivity contribution in [3.63, 3.8) is 0 Å². The third-order valence-corrected chi connectivity index (χ3v) is 3.54. The summed E-state index contributed by atoms with van der Waals surface area (Å²) in [7, 11) is 0. The van der Waals surface area contributed by atoms with Crippen molar-refractivity contribution in [2.24, 2.45) is 5.73 Å². The molecule has 0 spiro atoms. The van der Waals surface area contributed by atoms with Crippen LogP contribution in [0.2, 0.25) is 0 Å². The van der Waals surface area contributed by atoms with E-state index in [1.807, 2.05) is 42.5 Å². The fourth-order valence-corrected chi connectivity index (χ4v) is 2.22. The fourth-order valence-electron chi connectivity index (χ4n) is 2.22. The SMILES string of the molecule is NCc1ccc(NC(=O)CCCOCCc2ccccc2)cc1. The van der Waals surface area contributed by atoms with E-state index < -0.39 is 0 Å². The second-order valence-electron chi connectivity index (χ2n) is 5.40. The zero-order chi connectivity index (χ0) is 16.3. The molecule has 4 nitrogen and oxygen atoms in total. The third-order valence-electron chi connectivity index (χ3n) is 3.54. The van der Waals surface area contributed by atoms with Gasteiger partial charge in [-0.1, -0.05) is 42.5 Å². The Balaban J connectivity index is 1.56. The highest BCUT2D eigenvalue weighted by atomic mass is 16.5. The predicted molar refractivity (Wildman–Crippen MR) is 93.2 cm³/mol. The van der Waals surface area contributed by atoms with Crippen LogP contribution in [-0.4, -0.2) is 19.1 Å². The number of anilines is 1. The molecule has 4 heteroatoms. The van der Waals surface area contributed by atoms with Crippen molar-refractivity contribution < 1.29 is 9.53 Å². The summed E-state index contributed by atoms with van der Waals surface area (Å²) < 4.78 is 5.57. The van der Waals surface area contributed by atoms with Crippen molar-refractivity contribution in [3.05, 3.63) is 65.7 Å². The molecule has 0 fully saturated rings. The Labute approximate surface area is 137 Å². The minimum Gasteiger partial charge on any atom is -0.381 e. The van der Waals surface area contributed by atoms with E-state index >= 15 is 0 Å². The van der Waals surface area contributed by atoms with Gasteiger partial charge in [0.15, 0.2) is 0 Å². The highest BCUT2D eigenvalue weighted by molar-refractivity contribution is 5.90. The zero-order valence-corrected chi connectivity index (χ0v) is 13.3. The molecule has 0 heterocycles. The van der Waals surface area contributed by atoms with Gasteiger partial charge in [-0.2, -0.15) is 0 Å². The summed E-state index contributed by atoms with van der Waals surface area (Å²) >= 11 is 0. The van der Waals surface area contributed by atoms with Crippen molar-refractivity contribution in [1.82, 2.24) is 0 Å². The van der Waals surface area contributed by atoms with Crippen LogP contribution < -0.4 is 11.1 Å². The van der Waals surface area contributed by atoms with E-state index in [0.29, 0.717) is 26.2 Å². The first kappa shape index (κ1) is 17.2. The molecule has 0 aliphatic heterocycles. The first-order chi connectivity index (χ1) is 11.3. The standard InChI is InChI=1S/C19H24N2O2/c20-15-17-8-10-18(11-9-17)21-19(22)7-4-13-23-14-12-16-5-2-1-3-6-16/h1-3,5-6,8-11H,4,7,12-15,20H2,(H,21,22). The number of nitrogens with one attached hydrogen (secondary N) is 1. The highest BCUT2D eigenvalue weighted by Crippen LogP contribution is 2.09. The van der Waals surface area contributed by atoms with Crippen LogP contribution in [0.5, 0.6) is 0 Å². The fraction of sp³-hybridized carbons (Fsp3) is 0.316. The van der Waals surface area contributed by atoms with E-state index in [-0.39, 0.29) is 5.91 Å². The monoisotopic (exact) mass is 312 g/mol. The topological polar surface area (TPSA) is 64.3 Å². The molecule has 0 aromatic heterocycles. The van der Waals surface area contributed by atoms with Gasteiger partial charge in [0.05, 0.1) is 6.61 Å². The van der Waals surface area contributed by atoms with Crippen LogP contribution in [0.15, 0.2) is 54.6 Å². The quantitative estimate of drug-likeness (QED) is 0.699. The average Bonchev–Trinajstić information content (AvgIpc) is 2.59. The Morgan fingerprint density at radius 3 is 2.39 bits per heavy atom. The van der Waals surface area contributed by atoms with E-state index in [1.165, 1.54) is 5.56 Å². The molecule has 0 saturated heterocycles. The van der Waals surface area contributed by atoms with Crippen LogP contribution in [0.25, 0.3) is 0 Å². The molecule has 0 unspecified atom stereocenters.